The summed E-state index contributed by atoms with van der Waals surface area (Å²) in [5, 5.41) is 6.36. The molecule has 0 aromatic rings. The summed E-state index contributed by atoms with van der Waals surface area (Å²) < 4.78 is 0. The van der Waals surface area contributed by atoms with Crippen LogP contribution in [0.15, 0.2) is 0 Å². The number of carbonyl (C=O) groups excluding carboxylic acids is 1. The Morgan fingerprint density at radius 1 is 1.18 bits per heavy atom. The highest BCUT2D eigenvalue weighted by atomic mass is 16.2. The van der Waals surface area contributed by atoms with Crippen molar-refractivity contribution in [1.29, 1.82) is 0 Å². The maximum Gasteiger partial charge on any atom is 0.224 e. The van der Waals surface area contributed by atoms with E-state index in [2.05, 4.69) is 24.5 Å². The number of hydrogen-bond donors (Lipinski definition) is 2. The van der Waals surface area contributed by atoms with Crippen LogP contribution in [0.1, 0.15) is 52.4 Å². The molecule has 0 aromatic carbocycles. The molecule has 1 fully saturated rings. The molecule has 1 saturated carbocycles. The van der Waals surface area contributed by atoms with Gasteiger partial charge in [-0.15, -0.1) is 0 Å². The lowest BCUT2D eigenvalue weighted by Gasteiger charge is -2.24. The Labute approximate surface area is 106 Å². The van der Waals surface area contributed by atoms with Gasteiger partial charge in [-0.25, -0.2) is 0 Å². The molecule has 2 N–H and O–H groups in total. The van der Waals surface area contributed by atoms with Gasteiger partial charge in [0.1, 0.15) is 0 Å². The Bertz CT molecular complexity index is 220. The van der Waals surface area contributed by atoms with E-state index in [0.717, 1.165) is 19.4 Å². The minimum absolute atomic E-state index is 0.100. The lowest BCUT2D eigenvalue weighted by atomic mass is 9.94. The number of amides is 1. The third-order valence-electron chi connectivity index (χ3n) is 3.77. The third-order valence-corrected chi connectivity index (χ3v) is 3.77. The van der Waals surface area contributed by atoms with Crippen molar-refractivity contribution in [2.45, 2.75) is 58.4 Å². The van der Waals surface area contributed by atoms with Crippen LogP contribution in [0.3, 0.4) is 0 Å². The highest BCUT2D eigenvalue weighted by molar-refractivity contribution is 5.79. The van der Waals surface area contributed by atoms with Crippen molar-refractivity contribution >= 4 is 5.91 Å². The number of nitrogens with one attached hydrogen (secondary N) is 2. The maximum atomic E-state index is 12.2. The van der Waals surface area contributed by atoms with Crippen LogP contribution in [-0.4, -0.2) is 25.5 Å². The Morgan fingerprint density at radius 2 is 1.76 bits per heavy atom. The first-order chi connectivity index (χ1) is 8.15. The van der Waals surface area contributed by atoms with Crippen molar-refractivity contribution < 1.29 is 4.79 Å². The van der Waals surface area contributed by atoms with Crippen molar-refractivity contribution in [2.24, 2.45) is 11.8 Å². The zero-order valence-corrected chi connectivity index (χ0v) is 11.6. The summed E-state index contributed by atoms with van der Waals surface area (Å²) >= 11 is 0. The zero-order valence-electron chi connectivity index (χ0n) is 11.6. The highest BCUT2D eigenvalue weighted by Crippen LogP contribution is 2.18. The summed E-state index contributed by atoms with van der Waals surface area (Å²) in [7, 11) is 1.91. The Hall–Kier alpha value is -0.570. The van der Waals surface area contributed by atoms with Gasteiger partial charge < -0.3 is 10.6 Å². The molecule has 1 atom stereocenters. The molecule has 0 saturated heterocycles. The number of hydrogen-bond acceptors (Lipinski definition) is 2. The molecular weight excluding hydrogens is 212 g/mol. The first kappa shape index (κ1) is 14.5. The van der Waals surface area contributed by atoms with Crippen molar-refractivity contribution in [1.82, 2.24) is 10.6 Å². The van der Waals surface area contributed by atoms with E-state index < -0.39 is 0 Å². The van der Waals surface area contributed by atoms with Crippen molar-refractivity contribution in [3.63, 3.8) is 0 Å². The van der Waals surface area contributed by atoms with E-state index in [1.165, 1.54) is 25.7 Å². The minimum Gasteiger partial charge on any atom is -0.353 e. The molecule has 1 amide bonds. The summed E-state index contributed by atoms with van der Waals surface area (Å²) in [6.07, 6.45) is 7.52. The fourth-order valence-electron chi connectivity index (χ4n) is 2.58. The molecule has 1 aliphatic carbocycles. The van der Waals surface area contributed by atoms with Crippen LogP contribution in [0.4, 0.5) is 0 Å². The number of carbonyl (C=O) groups is 1. The zero-order chi connectivity index (χ0) is 12.7. The van der Waals surface area contributed by atoms with Gasteiger partial charge in [0, 0.05) is 12.6 Å². The molecule has 0 heterocycles. The van der Waals surface area contributed by atoms with Gasteiger partial charge >= 0.3 is 0 Å². The van der Waals surface area contributed by atoms with E-state index in [1.807, 2.05) is 7.05 Å². The van der Waals surface area contributed by atoms with Crippen molar-refractivity contribution in [3.8, 4) is 0 Å². The van der Waals surface area contributed by atoms with E-state index in [0.29, 0.717) is 12.0 Å². The summed E-state index contributed by atoms with van der Waals surface area (Å²) in [6.45, 7) is 5.01. The van der Waals surface area contributed by atoms with Crippen LogP contribution < -0.4 is 10.6 Å². The first-order valence-electron chi connectivity index (χ1n) is 7.10. The summed E-state index contributed by atoms with van der Waals surface area (Å²) in [5.74, 6) is 0.734. The van der Waals surface area contributed by atoms with Crippen LogP contribution in [-0.2, 0) is 4.79 Å². The topological polar surface area (TPSA) is 41.1 Å². The second-order valence-electron chi connectivity index (χ2n) is 5.61. The fourth-order valence-corrected chi connectivity index (χ4v) is 2.58. The quantitative estimate of drug-likeness (QED) is 0.724. The predicted molar refractivity (Wildman–Crippen MR) is 71.9 cm³/mol. The van der Waals surface area contributed by atoms with Crippen LogP contribution in [0, 0.1) is 11.8 Å². The van der Waals surface area contributed by atoms with E-state index >= 15 is 0 Å². The fraction of sp³-hybridized carbons (Fsp3) is 0.929. The summed E-state index contributed by atoms with van der Waals surface area (Å²) in [5.41, 5.74) is 0. The lowest BCUT2D eigenvalue weighted by Crippen LogP contribution is -2.43. The highest BCUT2D eigenvalue weighted by Gasteiger charge is 2.24. The molecule has 0 aliphatic heterocycles. The average molecular weight is 240 g/mol. The smallest absolute Gasteiger partial charge is 0.224 e. The first-order valence-corrected chi connectivity index (χ1v) is 7.10. The molecule has 1 rings (SSSR count). The van der Waals surface area contributed by atoms with E-state index in [-0.39, 0.29) is 11.8 Å². The largest absolute Gasteiger partial charge is 0.353 e. The Morgan fingerprint density at radius 3 is 2.24 bits per heavy atom. The molecule has 0 spiro atoms. The van der Waals surface area contributed by atoms with Crippen LogP contribution >= 0.6 is 0 Å². The second-order valence-corrected chi connectivity index (χ2v) is 5.61. The molecule has 1 unspecified atom stereocenters. The second kappa shape index (κ2) is 7.70. The van der Waals surface area contributed by atoms with E-state index in [4.69, 9.17) is 0 Å². The number of rotatable bonds is 5. The van der Waals surface area contributed by atoms with E-state index in [1.54, 1.807) is 0 Å². The van der Waals surface area contributed by atoms with Crippen molar-refractivity contribution in [2.75, 3.05) is 13.6 Å². The van der Waals surface area contributed by atoms with Crippen LogP contribution in [0.2, 0.25) is 0 Å². The molecule has 0 radical (unpaired) electrons. The monoisotopic (exact) mass is 240 g/mol. The van der Waals surface area contributed by atoms with Gasteiger partial charge in [0.05, 0.1) is 5.92 Å². The maximum absolute atomic E-state index is 12.2. The van der Waals surface area contributed by atoms with Gasteiger partial charge in [-0.05, 0) is 25.8 Å². The molecular formula is C14H28N2O. The lowest BCUT2D eigenvalue weighted by molar-refractivity contribution is -0.127. The van der Waals surface area contributed by atoms with Gasteiger partial charge in [0.2, 0.25) is 5.91 Å². The molecule has 3 nitrogen and oxygen atoms in total. The Balaban J connectivity index is 2.44. The van der Waals surface area contributed by atoms with Crippen molar-refractivity contribution in [3.05, 3.63) is 0 Å². The minimum atomic E-state index is 0.100. The van der Waals surface area contributed by atoms with Gasteiger partial charge in [0.25, 0.3) is 0 Å². The SMILES string of the molecule is CNCC(C(=O)NC1CCCCCC1)C(C)C. The molecule has 100 valence electrons. The Kier molecular flexibility index (Phi) is 6.56. The van der Waals surface area contributed by atoms with Gasteiger partial charge in [-0.2, -0.15) is 0 Å². The van der Waals surface area contributed by atoms with Gasteiger partial charge in [-0.3, -0.25) is 4.79 Å². The molecule has 3 heteroatoms. The summed E-state index contributed by atoms with van der Waals surface area (Å²) in [6, 6.07) is 0.420. The molecule has 17 heavy (non-hydrogen) atoms. The predicted octanol–water partition coefficient (Wildman–Crippen LogP) is 2.32. The van der Waals surface area contributed by atoms with Gasteiger partial charge in [-0.1, -0.05) is 39.5 Å². The van der Waals surface area contributed by atoms with E-state index in [9.17, 15) is 4.79 Å². The van der Waals surface area contributed by atoms with Crippen LogP contribution in [0.5, 0.6) is 0 Å². The standard InChI is InChI=1S/C14H28N2O/c1-11(2)13(10-15-3)14(17)16-12-8-6-4-5-7-9-12/h11-13,15H,4-10H2,1-3H3,(H,16,17). The molecule has 0 aromatic heterocycles. The summed E-state index contributed by atoms with van der Waals surface area (Å²) in [4.78, 5) is 12.2. The molecule has 1 aliphatic rings. The average Bonchev–Trinajstić information content (AvgIpc) is 2.53. The van der Waals surface area contributed by atoms with Gasteiger partial charge in [0.15, 0.2) is 0 Å². The third kappa shape index (κ3) is 5.07. The normalized spacial score (nSPS) is 20.0. The molecule has 0 bridgehead atoms. The van der Waals surface area contributed by atoms with Crippen LogP contribution in [0.25, 0.3) is 0 Å².